The normalized spacial score (nSPS) is 14.3. The van der Waals surface area contributed by atoms with E-state index in [1.165, 1.54) is 56.9 Å². The molecule has 0 saturated carbocycles. The summed E-state index contributed by atoms with van der Waals surface area (Å²) in [7, 11) is 0. The number of hydrogen-bond donors (Lipinski definition) is 2. The molecule has 0 aliphatic rings. The smallest absolute Gasteiger partial charge is 0.122 e. The van der Waals surface area contributed by atoms with Crippen LogP contribution in [0.3, 0.4) is 0 Å². The molecular weight excluding hydrogens is 368 g/mol. The van der Waals surface area contributed by atoms with E-state index in [4.69, 9.17) is 0 Å². The fourth-order valence-corrected chi connectivity index (χ4v) is 4.20. The number of hydrogen-bond acceptors (Lipinski definition) is 2. The highest BCUT2D eigenvalue weighted by Crippen LogP contribution is 2.32. The van der Waals surface area contributed by atoms with Crippen LogP contribution in [0.4, 0.5) is 0 Å². The molecule has 2 nitrogen and oxygen atoms in total. The number of phenols is 2. The minimum absolute atomic E-state index is 0.273. The van der Waals surface area contributed by atoms with E-state index in [1.807, 2.05) is 13.8 Å². The number of aromatic hydroxyl groups is 2. The quantitative estimate of drug-likeness (QED) is 0.235. The van der Waals surface area contributed by atoms with Gasteiger partial charge in [0.1, 0.15) is 11.5 Å². The summed E-state index contributed by atoms with van der Waals surface area (Å²) in [6.07, 6.45) is 14.8. The van der Waals surface area contributed by atoms with Crippen molar-refractivity contribution in [3.05, 3.63) is 34.4 Å². The Balaban J connectivity index is 2.27. The van der Waals surface area contributed by atoms with Crippen molar-refractivity contribution in [2.75, 3.05) is 0 Å². The van der Waals surface area contributed by atoms with Gasteiger partial charge in [0.15, 0.2) is 0 Å². The van der Waals surface area contributed by atoms with Crippen molar-refractivity contribution in [3.8, 4) is 11.5 Å². The second-order valence-electron chi connectivity index (χ2n) is 10.3. The summed E-state index contributed by atoms with van der Waals surface area (Å²) in [6, 6.07) is 1.70. The van der Waals surface area contributed by atoms with Crippen LogP contribution in [-0.4, -0.2) is 10.2 Å². The molecule has 0 aliphatic heterocycles. The Bertz CT molecular complexity index is 657. The lowest BCUT2D eigenvalue weighted by molar-refractivity contribution is 0.389. The molecule has 0 saturated heterocycles. The Morgan fingerprint density at radius 1 is 0.833 bits per heavy atom. The van der Waals surface area contributed by atoms with Gasteiger partial charge in [0.05, 0.1) is 0 Å². The van der Waals surface area contributed by atoms with Crippen LogP contribution in [0.25, 0.3) is 0 Å². The largest absolute Gasteiger partial charge is 0.508 e. The van der Waals surface area contributed by atoms with E-state index < -0.39 is 0 Å². The first-order valence-electron chi connectivity index (χ1n) is 12.3. The van der Waals surface area contributed by atoms with Crippen molar-refractivity contribution >= 4 is 0 Å². The van der Waals surface area contributed by atoms with Crippen LogP contribution in [0.2, 0.25) is 0 Å². The standard InChI is InChI=1S/C28H48O2/c1-20(2)11-8-12-21(3)13-9-14-22(4)15-10-16-23(5)17-18-26-19-27(29)24(6)25(7)28(26)30/h17,19-22,29-30H,8-16,18H2,1-7H3. The molecule has 0 aliphatic carbocycles. The van der Waals surface area contributed by atoms with E-state index >= 15 is 0 Å². The monoisotopic (exact) mass is 416 g/mol. The van der Waals surface area contributed by atoms with Gasteiger partial charge in [-0.05, 0) is 75.0 Å². The third-order valence-electron chi connectivity index (χ3n) is 6.73. The zero-order valence-corrected chi connectivity index (χ0v) is 20.9. The highest BCUT2D eigenvalue weighted by atomic mass is 16.3. The molecule has 0 bridgehead atoms. The van der Waals surface area contributed by atoms with E-state index in [2.05, 4.69) is 40.7 Å². The Hall–Kier alpha value is -1.44. The topological polar surface area (TPSA) is 40.5 Å². The van der Waals surface area contributed by atoms with Crippen LogP contribution in [0.5, 0.6) is 11.5 Å². The molecule has 2 heteroatoms. The Labute approximate surface area is 186 Å². The molecule has 0 heterocycles. The molecule has 1 aromatic carbocycles. The zero-order valence-electron chi connectivity index (χ0n) is 20.9. The van der Waals surface area contributed by atoms with Gasteiger partial charge in [-0.3, -0.25) is 0 Å². The average molecular weight is 417 g/mol. The lowest BCUT2D eigenvalue weighted by Crippen LogP contribution is -2.00. The molecule has 0 radical (unpaired) electrons. The summed E-state index contributed by atoms with van der Waals surface area (Å²) in [5.74, 6) is 3.12. The second kappa shape index (κ2) is 13.8. The maximum atomic E-state index is 10.3. The van der Waals surface area contributed by atoms with Gasteiger partial charge in [0.2, 0.25) is 0 Å². The number of benzene rings is 1. The van der Waals surface area contributed by atoms with Crippen LogP contribution in [-0.2, 0) is 6.42 Å². The predicted octanol–water partition coefficient (Wildman–Crippen LogP) is 8.64. The third kappa shape index (κ3) is 10.0. The molecule has 1 aromatic rings. The Kier molecular flexibility index (Phi) is 12.2. The van der Waals surface area contributed by atoms with Crippen LogP contribution >= 0.6 is 0 Å². The first kappa shape index (κ1) is 26.6. The Morgan fingerprint density at radius 3 is 1.93 bits per heavy atom. The summed E-state index contributed by atoms with van der Waals surface area (Å²) in [4.78, 5) is 0. The zero-order chi connectivity index (χ0) is 22.7. The van der Waals surface area contributed by atoms with Crippen LogP contribution in [0, 0.1) is 31.6 Å². The second-order valence-corrected chi connectivity index (χ2v) is 10.3. The van der Waals surface area contributed by atoms with Gasteiger partial charge in [-0.15, -0.1) is 0 Å². The molecule has 30 heavy (non-hydrogen) atoms. The lowest BCUT2D eigenvalue weighted by atomic mass is 9.91. The van der Waals surface area contributed by atoms with E-state index in [0.29, 0.717) is 12.2 Å². The van der Waals surface area contributed by atoms with E-state index in [9.17, 15) is 10.2 Å². The number of rotatable bonds is 14. The van der Waals surface area contributed by atoms with Gasteiger partial charge >= 0.3 is 0 Å². The molecule has 0 fully saturated rings. The van der Waals surface area contributed by atoms with Gasteiger partial charge in [-0.1, -0.05) is 84.3 Å². The summed E-state index contributed by atoms with van der Waals surface area (Å²) in [5, 5.41) is 20.3. The van der Waals surface area contributed by atoms with Crippen molar-refractivity contribution in [2.45, 2.75) is 113 Å². The van der Waals surface area contributed by atoms with Crippen molar-refractivity contribution in [3.63, 3.8) is 0 Å². The predicted molar refractivity (Wildman–Crippen MR) is 131 cm³/mol. The SMILES string of the molecule is CC(=CCc1cc(O)c(C)c(C)c1O)CCCC(C)CCCC(C)CCCC(C)C. The summed E-state index contributed by atoms with van der Waals surface area (Å²) >= 11 is 0. The van der Waals surface area contributed by atoms with Crippen molar-refractivity contribution in [2.24, 2.45) is 17.8 Å². The van der Waals surface area contributed by atoms with E-state index in [1.54, 1.807) is 6.07 Å². The summed E-state index contributed by atoms with van der Waals surface area (Å²) in [5.41, 5.74) is 3.72. The van der Waals surface area contributed by atoms with Gasteiger partial charge in [-0.2, -0.15) is 0 Å². The van der Waals surface area contributed by atoms with Gasteiger partial charge in [0.25, 0.3) is 0 Å². The van der Waals surface area contributed by atoms with Gasteiger partial charge < -0.3 is 10.2 Å². The van der Waals surface area contributed by atoms with Crippen LogP contribution in [0.15, 0.2) is 17.7 Å². The summed E-state index contributed by atoms with van der Waals surface area (Å²) < 4.78 is 0. The molecule has 0 amide bonds. The Morgan fingerprint density at radius 2 is 1.37 bits per heavy atom. The molecule has 0 spiro atoms. The maximum absolute atomic E-state index is 10.3. The molecular formula is C28H48O2. The van der Waals surface area contributed by atoms with Gasteiger partial charge in [-0.25, -0.2) is 0 Å². The lowest BCUT2D eigenvalue weighted by Gasteiger charge is -2.15. The van der Waals surface area contributed by atoms with Crippen molar-refractivity contribution < 1.29 is 10.2 Å². The van der Waals surface area contributed by atoms with Crippen LogP contribution < -0.4 is 0 Å². The van der Waals surface area contributed by atoms with Crippen LogP contribution in [0.1, 0.15) is 109 Å². The molecule has 2 N–H and O–H groups in total. The fraction of sp³-hybridized carbons (Fsp3) is 0.714. The third-order valence-corrected chi connectivity index (χ3v) is 6.73. The average Bonchev–Trinajstić information content (AvgIpc) is 2.67. The molecule has 2 unspecified atom stereocenters. The number of phenolic OH excluding ortho intramolecular Hbond substituents is 2. The highest BCUT2D eigenvalue weighted by Gasteiger charge is 2.11. The first-order valence-corrected chi connectivity index (χ1v) is 12.3. The fourth-order valence-electron chi connectivity index (χ4n) is 4.20. The van der Waals surface area contributed by atoms with E-state index in [0.717, 1.165) is 40.9 Å². The summed E-state index contributed by atoms with van der Waals surface area (Å²) in [6.45, 7) is 15.3. The minimum atomic E-state index is 0.273. The number of allylic oxidation sites excluding steroid dienone is 2. The molecule has 0 aromatic heterocycles. The molecule has 172 valence electrons. The van der Waals surface area contributed by atoms with Crippen molar-refractivity contribution in [1.29, 1.82) is 0 Å². The highest BCUT2D eigenvalue weighted by molar-refractivity contribution is 5.51. The molecule has 2 atom stereocenters. The minimum Gasteiger partial charge on any atom is -0.508 e. The van der Waals surface area contributed by atoms with Crippen molar-refractivity contribution in [1.82, 2.24) is 0 Å². The molecule has 1 rings (SSSR count). The van der Waals surface area contributed by atoms with E-state index in [-0.39, 0.29) is 5.75 Å². The maximum Gasteiger partial charge on any atom is 0.122 e. The van der Waals surface area contributed by atoms with Gasteiger partial charge in [0, 0.05) is 5.56 Å². The first-order chi connectivity index (χ1) is 14.1.